The predicted molar refractivity (Wildman–Crippen MR) is 109 cm³/mol. The van der Waals surface area contributed by atoms with Crippen molar-refractivity contribution in [3.05, 3.63) is 66.2 Å². The second-order valence-electron chi connectivity index (χ2n) is 6.92. The summed E-state index contributed by atoms with van der Waals surface area (Å²) in [6, 6.07) is 10.2. The summed E-state index contributed by atoms with van der Waals surface area (Å²) in [6.45, 7) is 0.171. The molecule has 0 radical (unpaired) electrons. The molecule has 0 aliphatic heterocycles. The van der Waals surface area contributed by atoms with Gasteiger partial charge in [0, 0.05) is 23.5 Å². The number of carbonyl (C=O) groups is 1. The second-order valence-corrected chi connectivity index (χ2v) is 6.92. The predicted octanol–water partition coefficient (Wildman–Crippen LogP) is 4.59. The topological polar surface area (TPSA) is 84.2 Å². The highest BCUT2D eigenvalue weighted by molar-refractivity contribution is 5.90. The zero-order valence-corrected chi connectivity index (χ0v) is 16.6. The van der Waals surface area contributed by atoms with E-state index >= 15 is 0 Å². The van der Waals surface area contributed by atoms with E-state index in [1.54, 1.807) is 53.3 Å². The Morgan fingerprint density at radius 1 is 1.09 bits per heavy atom. The molecule has 0 aliphatic rings. The SMILES string of the molecule is Cc1cc(-c2nc3cccnn3c2-c2ccnc(NC(=O)NCC(F)(F)F)c2)ccc1F. The van der Waals surface area contributed by atoms with Gasteiger partial charge < -0.3 is 5.32 Å². The molecule has 4 rings (SSSR count). The molecule has 0 atom stereocenters. The molecule has 3 aromatic heterocycles. The van der Waals surface area contributed by atoms with E-state index in [1.165, 1.54) is 18.3 Å². The molecule has 11 heteroatoms. The number of urea groups is 1. The summed E-state index contributed by atoms with van der Waals surface area (Å²) in [5.41, 5.74) is 3.25. The Bertz CT molecular complexity index is 1300. The fourth-order valence-corrected chi connectivity index (χ4v) is 3.13. The summed E-state index contributed by atoms with van der Waals surface area (Å²) in [6.07, 6.45) is -1.56. The first kappa shape index (κ1) is 21.2. The number of hydrogen-bond donors (Lipinski definition) is 2. The van der Waals surface area contributed by atoms with Crippen molar-refractivity contribution in [2.75, 3.05) is 11.9 Å². The van der Waals surface area contributed by atoms with Gasteiger partial charge in [0.05, 0.1) is 5.69 Å². The van der Waals surface area contributed by atoms with Gasteiger partial charge in [-0.2, -0.15) is 18.3 Å². The van der Waals surface area contributed by atoms with Gasteiger partial charge >= 0.3 is 12.2 Å². The van der Waals surface area contributed by atoms with Gasteiger partial charge in [-0.15, -0.1) is 0 Å². The highest BCUT2D eigenvalue weighted by Gasteiger charge is 2.27. The number of fused-ring (bicyclic) bond motifs is 1. The number of alkyl halides is 3. The van der Waals surface area contributed by atoms with Crippen molar-refractivity contribution < 1.29 is 22.4 Å². The number of aromatic nitrogens is 4. The van der Waals surface area contributed by atoms with Crippen molar-refractivity contribution in [3.63, 3.8) is 0 Å². The van der Waals surface area contributed by atoms with Crippen molar-refractivity contribution in [1.29, 1.82) is 0 Å². The van der Waals surface area contributed by atoms with E-state index in [-0.39, 0.29) is 11.6 Å². The van der Waals surface area contributed by atoms with Gasteiger partial charge in [-0.1, -0.05) is 0 Å². The maximum atomic E-state index is 13.8. The molecular formula is C21H16F4N6O. The quantitative estimate of drug-likeness (QED) is 0.451. The third-order valence-electron chi connectivity index (χ3n) is 4.55. The van der Waals surface area contributed by atoms with E-state index in [4.69, 9.17) is 0 Å². The van der Waals surface area contributed by atoms with Crippen LogP contribution in [0.3, 0.4) is 0 Å². The third kappa shape index (κ3) is 4.51. The van der Waals surface area contributed by atoms with Crippen molar-refractivity contribution in [2.45, 2.75) is 13.1 Å². The minimum absolute atomic E-state index is 0.0364. The number of rotatable bonds is 4. The first-order chi connectivity index (χ1) is 15.2. The van der Waals surface area contributed by atoms with Crippen LogP contribution >= 0.6 is 0 Å². The normalized spacial score (nSPS) is 11.5. The molecule has 2 amide bonds. The number of hydrogen-bond acceptors (Lipinski definition) is 4. The van der Waals surface area contributed by atoms with Crippen molar-refractivity contribution in [2.24, 2.45) is 0 Å². The van der Waals surface area contributed by atoms with Crippen LogP contribution in [0.4, 0.5) is 28.2 Å². The van der Waals surface area contributed by atoms with Gasteiger partial charge in [0.25, 0.3) is 0 Å². The first-order valence-electron chi connectivity index (χ1n) is 9.39. The van der Waals surface area contributed by atoms with Crippen LogP contribution < -0.4 is 10.6 Å². The summed E-state index contributed by atoms with van der Waals surface area (Å²) in [5.74, 6) is -0.313. The molecule has 0 aliphatic carbocycles. The lowest BCUT2D eigenvalue weighted by atomic mass is 10.0. The molecule has 0 bridgehead atoms. The lowest BCUT2D eigenvalue weighted by Crippen LogP contribution is -2.36. The number of nitrogens with zero attached hydrogens (tertiary/aromatic N) is 4. The number of benzene rings is 1. The average Bonchev–Trinajstić information content (AvgIpc) is 3.13. The van der Waals surface area contributed by atoms with Crippen molar-refractivity contribution >= 4 is 17.5 Å². The molecule has 0 spiro atoms. The minimum Gasteiger partial charge on any atom is -0.329 e. The van der Waals surface area contributed by atoms with Gasteiger partial charge in [-0.3, -0.25) is 5.32 Å². The number of aryl methyl sites for hydroxylation is 1. The Kier molecular flexibility index (Phi) is 5.47. The summed E-state index contributed by atoms with van der Waals surface area (Å²) < 4.78 is 52.3. The molecule has 0 saturated heterocycles. The van der Waals surface area contributed by atoms with Gasteiger partial charge in [0.2, 0.25) is 0 Å². The number of nitrogens with one attached hydrogen (secondary N) is 2. The molecule has 4 aromatic rings. The maximum absolute atomic E-state index is 13.8. The number of carbonyl (C=O) groups excluding carboxylic acids is 1. The Labute approximate surface area is 179 Å². The molecule has 1 aromatic carbocycles. The van der Waals surface area contributed by atoms with Gasteiger partial charge in [0.1, 0.15) is 23.9 Å². The minimum atomic E-state index is -4.53. The van der Waals surface area contributed by atoms with Gasteiger partial charge in [0.15, 0.2) is 5.65 Å². The monoisotopic (exact) mass is 444 g/mol. The third-order valence-corrected chi connectivity index (χ3v) is 4.55. The van der Waals surface area contributed by atoms with E-state index in [2.05, 4.69) is 20.4 Å². The number of amides is 2. The molecule has 0 saturated carbocycles. The fourth-order valence-electron chi connectivity index (χ4n) is 3.13. The van der Waals surface area contributed by atoms with E-state index in [0.29, 0.717) is 33.7 Å². The van der Waals surface area contributed by atoms with Crippen molar-refractivity contribution in [1.82, 2.24) is 24.9 Å². The van der Waals surface area contributed by atoms with Gasteiger partial charge in [-0.05, 0) is 55.0 Å². The van der Waals surface area contributed by atoms with Crippen LogP contribution in [-0.4, -0.2) is 38.3 Å². The molecular weight excluding hydrogens is 428 g/mol. The smallest absolute Gasteiger partial charge is 0.329 e. The van der Waals surface area contributed by atoms with E-state index < -0.39 is 18.8 Å². The van der Waals surface area contributed by atoms with E-state index in [9.17, 15) is 22.4 Å². The molecule has 2 N–H and O–H groups in total. The zero-order chi connectivity index (χ0) is 22.9. The highest BCUT2D eigenvalue weighted by atomic mass is 19.4. The largest absolute Gasteiger partial charge is 0.405 e. The first-order valence-corrected chi connectivity index (χ1v) is 9.39. The molecule has 32 heavy (non-hydrogen) atoms. The van der Waals surface area contributed by atoms with Crippen LogP contribution in [0.25, 0.3) is 28.2 Å². The molecule has 0 unspecified atom stereocenters. The van der Waals surface area contributed by atoms with Crippen LogP contribution in [0, 0.1) is 12.7 Å². The summed E-state index contributed by atoms with van der Waals surface area (Å²) in [7, 11) is 0. The molecule has 3 heterocycles. The average molecular weight is 444 g/mol. The Hall–Kier alpha value is -4.02. The molecule has 7 nitrogen and oxygen atoms in total. The highest BCUT2D eigenvalue weighted by Crippen LogP contribution is 2.33. The van der Waals surface area contributed by atoms with Crippen LogP contribution in [-0.2, 0) is 0 Å². The number of anilines is 1. The summed E-state index contributed by atoms with van der Waals surface area (Å²) in [4.78, 5) is 20.4. The zero-order valence-electron chi connectivity index (χ0n) is 16.6. The molecule has 0 fully saturated rings. The molecule has 164 valence electrons. The van der Waals surface area contributed by atoms with Gasteiger partial charge in [-0.25, -0.2) is 23.7 Å². The number of halogens is 4. The summed E-state index contributed by atoms with van der Waals surface area (Å²) in [5, 5.41) is 8.33. The standard InChI is InChI=1S/C21H16F4N6O/c1-12-9-13(4-5-15(12)22)18-19(31-17(30-18)3-2-7-28-31)14-6-8-26-16(10-14)29-20(32)27-11-21(23,24)25/h2-10H,11H2,1H3,(H2,26,27,29,32). The number of imidazole rings is 1. The Morgan fingerprint density at radius 2 is 1.91 bits per heavy atom. The van der Waals surface area contributed by atoms with Crippen LogP contribution in [0.1, 0.15) is 5.56 Å². The maximum Gasteiger partial charge on any atom is 0.405 e. The van der Waals surface area contributed by atoms with Crippen LogP contribution in [0.5, 0.6) is 0 Å². The van der Waals surface area contributed by atoms with Crippen molar-refractivity contribution in [3.8, 4) is 22.5 Å². The summed E-state index contributed by atoms with van der Waals surface area (Å²) >= 11 is 0. The Morgan fingerprint density at radius 3 is 2.66 bits per heavy atom. The lowest BCUT2D eigenvalue weighted by molar-refractivity contribution is -0.122. The lowest BCUT2D eigenvalue weighted by Gasteiger charge is -2.10. The number of pyridine rings is 1. The van der Waals surface area contributed by atoms with E-state index in [0.717, 1.165) is 0 Å². The van der Waals surface area contributed by atoms with E-state index in [1.807, 2.05) is 0 Å². The van der Waals surface area contributed by atoms with Crippen LogP contribution in [0.15, 0.2) is 54.9 Å². The Balaban J connectivity index is 1.74. The van der Waals surface area contributed by atoms with Crippen LogP contribution in [0.2, 0.25) is 0 Å². The second kappa shape index (κ2) is 8.25. The fraction of sp³-hybridized carbons (Fsp3) is 0.143.